The molecule has 0 spiro atoms. The van der Waals surface area contributed by atoms with E-state index in [1.165, 1.54) is 23.1 Å². The molecule has 0 aliphatic heterocycles. The maximum absolute atomic E-state index is 12.9. The van der Waals surface area contributed by atoms with Crippen molar-refractivity contribution in [2.24, 2.45) is 0 Å². The van der Waals surface area contributed by atoms with E-state index in [0.717, 1.165) is 22.4 Å². The molecule has 0 aliphatic carbocycles. The Kier molecular flexibility index (Phi) is 9.19. The molecule has 2 aromatic heterocycles. The summed E-state index contributed by atoms with van der Waals surface area (Å²) in [4.78, 5) is 25.7. The zero-order valence-corrected chi connectivity index (χ0v) is 23.4. The summed E-state index contributed by atoms with van der Waals surface area (Å²) in [7, 11) is 0. The van der Waals surface area contributed by atoms with Gasteiger partial charge in [-0.3, -0.25) is 4.79 Å². The Morgan fingerprint density at radius 2 is 1.89 bits per heavy atom. The Labute approximate surface area is 230 Å². The van der Waals surface area contributed by atoms with Crippen molar-refractivity contribution in [3.63, 3.8) is 0 Å². The molecule has 10 heteroatoms. The average Bonchev–Trinajstić information content (AvgIpc) is 3.52. The molecule has 0 bridgehead atoms. The zero-order chi connectivity index (χ0) is 27.1. The number of hydrogen-bond acceptors (Lipinski definition) is 8. The first-order chi connectivity index (χ1) is 18.4. The molecule has 1 N–H and O–H groups in total. The molecule has 1 amide bonds. The minimum Gasteiger partial charge on any atom is -0.483 e. The van der Waals surface area contributed by atoms with E-state index in [0.29, 0.717) is 28.1 Å². The number of carbonyl (C=O) groups is 2. The molecule has 38 heavy (non-hydrogen) atoms. The van der Waals surface area contributed by atoms with Gasteiger partial charge in [-0.05, 0) is 51.0 Å². The number of amides is 1. The number of esters is 1. The van der Waals surface area contributed by atoms with E-state index in [1.54, 1.807) is 6.92 Å². The van der Waals surface area contributed by atoms with Crippen molar-refractivity contribution in [2.45, 2.75) is 45.5 Å². The lowest BCUT2D eigenvalue weighted by molar-refractivity contribution is -0.113. The molecule has 0 saturated carbocycles. The number of aryl methyl sites for hydroxylation is 1. The van der Waals surface area contributed by atoms with Crippen molar-refractivity contribution in [2.75, 3.05) is 17.7 Å². The first-order valence-corrected chi connectivity index (χ1v) is 14.2. The number of carbonyl (C=O) groups excluding carboxylic acids is 2. The van der Waals surface area contributed by atoms with Crippen LogP contribution in [0.2, 0.25) is 0 Å². The average molecular weight is 551 g/mol. The van der Waals surface area contributed by atoms with Crippen molar-refractivity contribution < 1.29 is 19.1 Å². The molecule has 0 radical (unpaired) electrons. The molecule has 8 nitrogen and oxygen atoms in total. The topological polar surface area (TPSA) is 95.3 Å². The highest BCUT2D eigenvalue weighted by atomic mass is 32.2. The maximum atomic E-state index is 12.9. The largest absolute Gasteiger partial charge is 0.483 e. The Morgan fingerprint density at radius 3 is 2.61 bits per heavy atom. The van der Waals surface area contributed by atoms with Crippen molar-refractivity contribution in [1.29, 1.82) is 0 Å². The van der Waals surface area contributed by atoms with Gasteiger partial charge < -0.3 is 19.4 Å². The van der Waals surface area contributed by atoms with Crippen LogP contribution in [0.3, 0.4) is 0 Å². The molecule has 4 aromatic rings. The fourth-order valence-electron chi connectivity index (χ4n) is 3.93. The van der Waals surface area contributed by atoms with Gasteiger partial charge in [-0.25, -0.2) is 4.79 Å². The minimum atomic E-state index is -0.464. The number of ether oxygens (including phenoxy) is 2. The van der Waals surface area contributed by atoms with Gasteiger partial charge in [0.25, 0.3) is 0 Å². The highest BCUT2D eigenvalue weighted by Crippen LogP contribution is 2.36. The van der Waals surface area contributed by atoms with E-state index in [9.17, 15) is 9.59 Å². The number of thiophene rings is 1. The van der Waals surface area contributed by atoms with Gasteiger partial charge in [0, 0.05) is 17.5 Å². The first kappa shape index (κ1) is 27.4. The predicted molar refractivity (Wildman–Crippen MR) is 151 cm³/mol. The number of nitrogens with zero attached hydrogens (tertiary/aromatic N) is 3. The molecule has 0 aliphatic rings. The van der Waals surface area contributed by atoms with Crippen molar-refractivity contribution in [1.82, 2.24) is 14.8 Å². The highest BCUT2D eigenvalue weighted by Gasteiger charge is 2.24. The second kappa shape index (κ2) is 12.7. The van der Waals surface area contributed by atoms with Gasteiger partial charge in [0.1, 0.15) is 16.3 Å². The summed E-state index contributed by atoms with van der Waals surface area (Å²) >= 11 is 2.58. The Bertz CT molecular complexity index is 1400. The van der Waals surface area contributed by atoms with E-state index in [-0.39, 0.29) is 24.4 Å². The summed E-state index contributed by atoms with van der Waals surface area (Å²) in [5.74, 6) is 0.838. The van der Waals surface area contributed by atoms with Crippen LogP contribution in [0.25, 0.3) is 11.1 Å². The van der Waals surface area contributed by atoms with Gasteiger partial charge in [0.05, 0.1) is 12.4 Å². The number of hydrogen-bond donors (Lipinski definition) is 1. The van der Waals surface area contributed by atoms with Gasteiger partial charge in [-0.15, -0.1) is 21.5 Å². The van der Waals surface area contributed by atoms with E-state index in [1.807, 2.05) is 85.3 Å². The summed E-state index contributed by atoms with van der Waals surface area (Å²) in [5.41, 5.74) is 3.09. The van der Waals surface area contributed by atoms with Crippen LogP contribution < -0.4 is 10.1 Å². The number of anilines is 1. The summed E-state index contributed by atoms with van der Waals surface area (Å²) in [6, 6.07) is 17.4. The predicted octanol–water partition coefficient (Wildman–Crippen LogP) is 6.38. The molecule has 0 saturated heterocycles. The second-order valence-electron chi connectivity index (χ2n) is 8.44. The minimum absolute atomic E-state index is 0.103. The van der Waals surface area contributed by atoms with Gasteiger partial charge in [-0.1, -0.05) is 54.2 Å². The molecular weight excluding hydrogens is 520 g/mol. The number of aromatic nitrogens is 3. The summed E-state index contributed by atoms with van der Waals surface area (Å²) in [6.07, 6.45) is -0.318. The first-order valence-electron chi connectivity index (χ1n) is 12.3. The zero-order valence-electron chi connectivity index (χ0n) is 21.8. The second-order valence-corrected chi connectivity index (χ2v) is 10.3. The third-order valence-corrected chi connectivity index (χ3v) is 7.53. The van der Waals surface area contributed by atoms with E-state index in [4.69, 9.17) is 9.47 Å². The van der Waals surface area contributed by atoms with E-state index in [2.05, 4.69) is 15.5 Å². The number of thioether (sulfide) groups is 1. The standard InChI is InChI=1S/C28H30N4O4S2/c1-5-32-25(19(4)36-21-14-10-11-18(3)15-21)30-31-28(32)38-17-23(33)29-26-24(27(34)35-6-2)22(16-37-26)20-12-8-7-9-13-20/h7-16,19H,5-6,17H2,1-4H3,(H,29,33). The maximum Gasteiger partial charge on any atom is 0.341 e. The summed E-state index contributed by atoms with van der Waals surface area (Å²) < 4.78 is 13.3. The van der Waals surface area contributed by atoms with Crippen LogP contribution in [-0.2, 0) is 16.1 Å². The number of rotatable bonds is 11. The third kappa shape index (κ3) is 6.43. The summed E-state index contributed by atoms with van der Waals surface area (Å²) in [5, 5.41) is 14.5. The molecule has 1 unspecified atom stereocenters. The molecule has 1 atom stereocenters. The monoisotopic (exact) mass is 550 g/mol. The SMILES string of the molecule is CCOC(=O)c1c(-c2ccccc2)csc1NC(=O)CSc1nnc(C(C)Oc2cccc(C)c2)n1CC. The quantitative estimate of drug-likeness (QED) is 0.171. The smallest absolute Gasteiger partial charge is 0.341 e. The third-order valence-electron chi connectivity index (χ3n) is 5.67. The van der Waals surface area contributed by atoms with Gasteiger partial charge in [0.15, 0.2) is 17.1 Å². The summed E-state index contributed by atoms with van der Waals surface area (Å²) in [6.45, 7) is 8.57. The lowest BCUT2D eigenvalue weighted by Crippen LogP contribution is -2.17. The fraction of sp³-hybridized carbons (Fsp3) is 0.286. The van der Waals surface area contributed by atoms with Gasteiger partial charge in [-0.2, -0.15) is 0 Å². The van der Waals surface area contributed by atoms with Crippen molar-refractivity contribution in [3.05, 3.63) is 76.9 Å². The van der Waals surface area contributed by atoms with Crippen LogP contribution in [0, 0.1) is 6.92 Å². The lowest BCUT2D eigenvalue weighted by Gasteiger charge is -2.16. The normalized spacial score (nSPS) is 11.7. The Morgan fingerprint density at radius 1 is 1.11 bits per heavy atom. The Balaban J connectivity index is 1.45. The van der Waals surface area contributed by atoms with Crippen molar-refractivity contribution in [3.8, 4) is 16.9 Å². The molecule has 4 rings (SSSR count). The number of benzene rings is 2. The van der Waals surface area contributed by atoms with Crippen LogP contribution in [0.4, 0.5) is 5.00 Å². The van der Waals surface area contributed by atoms with Crippen molar-refractivity contribution >= 4 is 40.0 Å². The van der Waals surface area contributed by atoms with E-state index < -0.39 is 5.97 Å². The van der Waals surface area contributed by atoms with Gasteiger partial charge >= 0.3 is 5.97 Å². The van der Waals surface area contributed by atoms with Crippen LogP contribution in [0.15, 0.2) is 65.1 Å². The lowest BCUT2D eigenvalue weighted by atomic mass is 10.0. The Hall–Kier alpha value is -3.63. The molecule has 198 valence electrons. The molecule has 2 heterocycles. The van der Waals surface area contributed by atoms with Crippen LogP contribution >= 0.6 is 23.1 Å². The molecular formula is C28H30N4O4S2. The molecule has 0 fully saturated rings. The fourth-order valence-corrected chi connectivity index (χ4v) is 5.71. The number of nitrogens with one attached hydrogen (secondary N) is 1. The van der Waals surface area contributed by atoms with Crippen LogP contribution in [-0.4, -0.2) is 39.0 Å². The van der Waals surface area contributed by atoms with Crippen LogP contribution in [0.1, 0.15) is 48.6 Å². The molecule has 2 aromatic carbocycles. The van der Waals surface area contributed by atoms with Crippen LogP contribution in [0.5, 0.6) is 5.75 Å². The van der Waals surface area contributed by atoms with E-state index >= 15 is 0 Å². The van der Waals surface area contributed by atoms with Gasteiger partial charge in [0.2, 0.25) is 5.91 Å². The highest BCUT2D eigenvalue weighted by molar-refractivity contribution is 7.99.